The minimum Gasteiger partial charge on any atom is -0.387 e. The number of nitrogens with zero attached hydrogens (tertiary/aromatic N) is 1. The molecule has 2 aromatic carbocycles. The Labute approximate surface area is 148 Å². The van der Waals surface area contributed by atoms with Crippen molar-refractivity contribution in [1.82, 2.24) is 10.2 Å². The summed E-state index contributed by atoms with van der Waals surface area (Å²) in [6.45, 7) is 1.24. The minimum absolute atomic E-state index is 0.00534. The zero-order valence-corrected chi connectivity index (χ0v) is 14.8. The molecule has 0 aliphatic heterocycles. The average molecular weight is 347 g/mol. The van der Waals surface area contributed by atoms with Gasteiger partial charge in [0.15, 0.2) is 0 Å². The van der Waals surface area contributed by atoms with E-state index >= 15 is 0 Å². The van der Waals surface area contributed by atoms with Gasteiger partial charge in [-0.3, -0.25) is 4.79 Å². The van der Waals surface area contributed by atoms with Gasteiger partial charge < -0.3 is 15.3 Å². The first-order valence-corrected chi connectivity index (χ1v) is 8.30. The van der Waals surface area contributed by atoms with Gasteiger partial charge in [0.25, 0.3) is 5.91 Å². The van der Waals surface area contributed by atoms with Crippen LogP contribution in [0.1, 0.15) is 27.6 Å². The molecule has 2 aromatic rings. The highest BCUT2D eigenvalue weighted by molar-refractivity contribution is 6.30. The van der Waals surface area contributed by atoms with E-state index in [1.807, 2.05) is 36.4 Å². The molecule has 0 saturated heterocycles. The molecular weight excluding hydrogens is 324 g/mol. The number of nitrogens with one attached hydrogen (secondary N) is 1. The van der Waals surface area contributed by atoms with Crippen molar-refractivity contribution in [3.05, 3.63) is 70.2 Å². The van der Waals surface area contributed by atoms with Crippen molar-refractivity contribution in [1.29, 1.82) is 0 Å². The normalized spacial score (nSPS) is 12.0. The molecule has 0 aromatic heterocycles. The Balaban J connectivity index is 1.76. The van der Waals surface area contributed by atoms with E-state index in [4.69, 9.17) is 11.6 Å². The molecule has 0 radical (unpaired) electrons. The maximum absolute atomic E-state index is 11.8. The summed E-state index contributed by atoms with van der Waals surface area (Å²) in [4.78, 5) is 13.4. The van der Waals surface area contributed by atoms with Crippen LogP contribution in [-0.2, 0) is 6.42 Å². The van der Waals surface area contributed by atoms with Crippen molar-refractivity contribution in [2.24, 2.45) is 0 Å². The second kappa shape index (κ2) is 8.83. The quantitative estimate of drug-likeness (QED) is 0.758. The van der Waals surface area contributed by atoms with Crippen LogP contribution >= 0.6 is 11.6 Å². The Kier molecular flexibility index (Phi) is 6.79. The van der Waals surface area contributed by atoms with Gasteiger partial charge in [-0.2, -0.15) is 0 Å². The maximum Gasteiger partial charge on any atom is 0.253 e. The second-order valence-corrected chi connectivity index (χ2v) is 6.35. The highest BCUT2D eigenvalue weighted by atomic mass is 35.5. The number of amides is 1. The molecule has 0 heterocycles. The molecule has 24 heavy (non-hydrogen) atoms. The Bertz CT molecular complexity index is 654. The summed E-state index contributed by atoms with van der Waals surface area (Å²) in [6, 6.07) is 14.8. The lowest BCUT2D eigenvalue weighted by Gasteiger charge is -2.13. The van der Waals surface area contributed by atoms with E-state index < -0.39 is 6.10 Å². The Hall–Kier alpha value is -1.88. The van der Waals surface area contributed by atoms with Crippen LogP contribution in [0.5, 0.6) is 0 Å². The highest BCUT2D eigenvalue weighted by Gasteiger charge is 2.08. The monoisotopic (exact) mass is 346 g/mol. The predicted octanol–water partition coefficient (Wildman–Crippen LogP) is 2.91. The van der Waals surface area contributed by atoms with Crippen molar-refractivity contribution < 1.29 is 9.90 Å². The van der Waals surface area contributed by atoms with Gasteiger partial charge >= 0.3 is 0 Å². The van der Waals surface area contributed by atoms with E-state index in [1.165, 1.54) is 0 Å². The van der Waals surface area contributed by atoms with Crippen LogP contribution in [0.2, 0.25) is 5.02 Å². The number of rotatable bonds is 7. The summed E-state index contributed by atoms with van der Waals surface area (Å²) < 4.78 is 0. The third kappa shape index (κ3) is 5.34. The van der Waals surface area contributed by atoms with Gasteiger partial charge in [0.05, 0.1) is 6.10 Å². The highest BCUT2D eigenvalue weighted by Crippen LogP contribution is 2.15. The molecule has 1 amide bonds. The van der Waals surface area contributed by atoms with Gasteiger partial charge in [-0.15, -0.1) is 0 Å². The molecule has 0 saturated carbocycles. The SMILES string of the molecule is CN(C)C(=O)c1ccc(CCNCC(O)c2ccc(Cl)cc2)cc1. The molecular formula is C19H23ClN2O2. The van der Waals surface area contributed by atoms with E-state index in [-0.39, 0.29) is 5.91 Å². The lowest BCUT2D eigenvalue weighted by molar-refractivity contribution is 0.0827. The van der Waals surface area contributed by atoms with E-state index in [0.29, 0.717) is 17.1 Å². The number of benzene rings is 2. The topological polar surface area (TPSA) is 52.6 Å². The van der Waals surface area contributed by atoms with Crippen molar-refractivity contribution in [3.63, 3.8) is 0 Å². The average Bonchev–Trinajstić information content (AvgIpc) is 2.59. The molecule has 0 fully saturated rings. The number of halogens is 1. The fraction of sp³-hybridized carbons (Fsp3) is 0.316. The van der Waals surface area contributed by atoms with Gasteiger partial charge in [-0.05, 0) is 48.4 Å². The fourth-order valence-electron chi connectivity index (χ4n) is 2.35. The lowest BCUT2D eigenvalue weighted by Crippen LogP contribution is -2.24. The Morgan fingerprint density at radius 2 is 1.75 bits per heavy atom. The lowest BCUT2D eigenvalue weighted by atomic mass is 10.1. The van der Waals surface area contributed by atoms with Crippen LogP contribution in [0.4, 0.5) is 0 Å². The number of carbonyl (C=O) groups excluding carboxylic acids is 1. The van der Waals surface area contributed by atoms with Gasteiger partial charge in [0.2, 0.25) is 0 Å². The largest absolute Gasteiger partial charge is 0.387 e. The standard InChI is InChI=1S/C19H23ClN2O2/c1-22(2)19(24)16-5-3-14(4-6-16)11-12-21-13-18(23)15-7-9-17(20)10-8-15/h3-10,18,21,23H,11-13H2,1-2H3. The van der Waals surface area contributed by atoms with Crippen LogP contribution in [0.25, 0.3) is 0 Å². The van der Waals surface area contributed by atoms with Crippen molar-refractivity contribution in [2.75, 3.05) is 27.2 Å². The molecule has 128 valence electrons. The second-order valence-electron chi connectivity index (χ2n) is 5.92. The van der Waals surface area contributed by atoms with Crippen LogP contribution < -0.4 is 5.32 Å². The van der Waals surface area contributed by atoms with E-state index in [9.17, 15) is 9.90 Å². The Morgan fingerprint density at radius 3 is 2.33 bits per heavy atom. The van der Waals surface area contributed by atoms with Crippen LogP contribution in [0.3, 0.4) is 0 Å². The third-order valence-electron chi connectivity index (χ3n) is 3.79. The first-order valence-electron chi connectivity index (χ1n) is 7.92. The first-order chi connectivity index (χ1) is 11.5. The summed E-state index contributed by atoms with van der Waals surface area (Å²) in [6.07, 6.45) is 0.284. The van der Waals surface area contributed by atoms with Crippen molar-refractivity contribution >= 4 is 17.5 Å². The molecule has 1 atom stereocenters. The number of hydrogen-bond acceptors (Lipinski definition) is 3. The zero-order valence-electron chi connectivity index (χ0n) is 14.0. The van der Waals surface area contributed by atoms with Gasteiger partial charge in [0.1, 0.15) is 0 Å². The molecule has 1 unspecified atom stereocenters. The summed E-state index contributed by atoms with van der Waals surface area (Å²) in [7, 11) is 3.48. The summed E-state index contributed by atoms with van der Waals surface area (Å²) in [5, 5.41) is 14.0. The number of hydrogen-bond donors (Lipinski definition) is 2. The molecule has 5 heteroatoms. The smallest absolute Gasteiger partial charge is 0.253 e. The molecule has 0 spiro atoms. The number of carbonyl (C=O) groups is 1. The van der Waals surface area contributed by atoms with E-state index in [2.05, 4.69) is 5.32 Å². The van der Waals surface area contributed by atoms with E-state index in [1.54, 1.807) is 31.1 Å². The van der Waals surface area contributed by atoms with Gasteiger partial charge in [0, 0.05) is 31.2 Å². The predicted molar refractivity (Wildman–Crippen MR) is 97.4 cm³/mol. The minimum atomic E-state index is -0.553. The summed E-state index contributed by atoms with van der Waals surface area (Å²) >= 11 is 5.84. The van der Waals surface area contributed by atoms with E-state index in [0.717, 1.165) is 24.1 Å². The molecule has 0 aliphatic rings. The summed E-state index contributed by atoms with van der Waals surface area (Å²) in [5.74, 6) is 0.00534. The first kappa shape index (κ1) is 18.5. The molecule has 2 N–H and O–H groups in total. The number of aliphatic hydroxyl groups excluding tert-OH is 1. The van der Waals surface area contributed by atoms with Crippen molar-refractivity contribution in [3.8, 4) is 0 Å². The maximum atomic E-state index is 11.8. The summed E-state index contributed by atoms with van der Waals surface area (Å²) in [5.41, 5.74) is 2.69. The fourth-order valence-corrected chi connectivity index (χ4v) is 2.47. The van der Waals surface area contributed by atoms with Crippen molar-refractivity contribution in [2.45, 2.75) is 12.5 Å². The van der Waals surface area contributed by atoms with Gasteiger partial charge in [-0.25, -0.2) is 0 Å². The van der Waals surface area contributed by atoms with Gasteiger partial charge in [-0.1, -0.05) is 35.9 Å². The third-order valence-corrected chi connectivity index (χ3v) is 4.04. The molecule has 4 nitrogen and oxygen atoms in total. The molecule has 0 bridgehead atoms. The van der Waals surface area contributed by atoms with Crippen LogP contribution in [-0.4, -0.2) is 43.1 Å². The van der Waals surface area contributed by atoms with Crippen LogP contribution in [0, 0.1) is 0 Å². The zero-order chi connectivity index (χ0) is 17.5. The molecule has 0 aliphatic carbocycles. The Morgan fingerprint density at radius 1 is 1.12 bits per heavy atom. The number of aliphatic hydroxyl groups is 1. The molecule has 2 rings (SSSR count). The van der Waals surface area contributed by atoms with Crippen LogP contribution in [0.15, 0.2) is 48.5 Å².